The van der Waals surface area contributed by atoms with Gasteiger partial charge >= 0.3 is 5.97 Å². The Morgan fingerprint density at radius 2 is 2.04 bits per heavy atom. The van der Waals surface area contributed by atoms with E-state index in [4.69, 9.17) is 4.74 Å². The number of nitrogens with one attached hydrogen (secondary N) is 1. The average Bonchev–Trinajstić information content (AvgIpc) is 3.00. The normalized spacial score (nSPS) is 16.5. The van der Waals surface area contributed by atoms with Gasteiger partial charge in [-0.3, -0.25) is 9.59 Å². The Kier molecular flexibility index (Phi) is 5.93. The minimum atomic E-state index is -0.847. The van der Waals surface area contributed by atoms with Gasteiger partial charge in [0.2, 0.25) is 5.91 Å². The molecule has 1 unspecified atom stereocenters. The number of ether oxygens (including phenoxy) is 1. The summed E-state index contributed by atoms with van der Waals surface area (Å²) in [5, 5.41) is 13.4. The van der Waals surface area contributed by atoms with Crippen LogP contribution < -0.4 is 5.32 Å². The molecular formula is C20H26N2O4. The molecule has 1 aromatic carbocycles. The number of fused-ring (bicyclic) bond motifs is 1. The minimum Gasteiger partial charge on any atom is -0.481 e. The fraction of sp³-hybridized carbons (Fsp3) is 0.500. The first-order chi connectivity index (χ1) is 12.6. The van der Waals surface area contributed by atoms with Crippen LogP contribution in [0.15, 0.2) is 30.5 Å². The first-order valence-electron chi connectivity index (χ1n) is 9.24. The van der Waals surface area contributed by atoms with Crippen molar-refractivity contribution in [2.24, 2.45) is 11.8 Å². The van der Waals surface area contributed by atoms with Crippen LogP contribution in [0.25, 0.3) is 10.9 Å². The largest absolute Gasteiger partial charge is 0.481 e. The summed E-state index contributed by atoms with van der Waals surface area (Å²) < 4.78 is 7.43. The van der Waals surface area contributed by atoms with E-state index < -0.39 is 11.9 Å². The van der Waals surface area contributed by atoms with Crippen LogP contribution in [0, 0.1) is 11.8 Å². The van der Waals surface area contributed by atoms with Crippen LogP contribution in [0.1, 0.15) is 25.3 Å². The fourth-order valence-corrected chi connectivity index (χ4v) is 3.76. The number of para-hydroxylation sites is 1. The molecule has 1 atom stereocenters. The van der Waals surface area contributed by atoms with Gasteiger partial charge in [-0.25, -0.2) is 0 Å². The molecule has 0 saturated carbocycles. The van der Waals surface area contributed by atoms with Crippen molar-refractivity contribution in [1.29, 1.82) is 0 Å². The quantitative estimate of drug-likeness (QED) is 0.797. The van der Waals surface area contributed by atoms with Crippen LogP contribution in [0.2, 0.25) is 0 Å². The summed E-state index contributed by atoms with van der Waals surface area (Å²) in [4.78, 5) is 24.0. The zero-order valence-corrected chi connectivity index (χ0v) is 15.1. The van der Waals surface area contributed by atoms with Crippen LogP contribution in [0.5, 0.6) is 0 Å². The van der Waals surface area contributed by atoms with Gasteiger partial charge in [0.1, 0.15) is 0 Å². The summed E-state index contributed by atoms with van der Waals surface area (Å²) in [6, 6.07) is 8.02. The van der Waals surface area contributed by atoms with E-state index in [1.54, 1.807) is 0 Å². The number of rotatable bonds is 7. The predicted octanol–water partition coefficient (Wildman–Crippen LogP) is 2.45. The van der Waals surface area contributed by atoms with Crippen molar-refractivity contribution in [3.63, 3.8) is 0 Å². The number of carbonyl (C=O) groups is 2. The Morgan fingerprint density at radius 3 is 2.73 bits per heavy atom. The number of hydrogen-bond donors (Lipinski definition) is 2. The lowest BCUT2D eigenvalue weighted by molar-refractivity contribution is -0.144. The van der Waals surface area contributed by atoms with E-state index in [2.05, 4.69) is 16.8 Å². The topological polar surface area (TPSA) is 80.6 Å². The smallest absolute Gasteiger partial charge is 0.308 e. The van der Waals surface area contributed by atoms with Crippen molar-refractivity contribution >= 4 is 22.8 Å². The van der Waals surface area contributed by atoms with E-state index in [-0.39, 0.29) is 24.8 Å². The van der Waals surface area contributed by atoms with Crippen LogP contribution in [-0.2, 0) is 27.3 Å². The van der Waals surface area contributed by atoms with Gasteiger partial charge in [0, 0.05) is 43.4 Å². The van der Waals surface area contributed by atoms with E-state index in [9.17, 15) is 14.7 Å². The van der Waals surface area contributed by atoms with Gasteiger partial charge in [0.25, 0.3) is 0 Å². The second-order valence-electron chi connectivity index (χ2n) is 6.83. The highest BCUT2D eigenvalue weighted by molar-refractivity contribution is 5.89. The third-order valence-electron chi connectivity index (χ3n) is 5.23. The van der Waals surface area contributed by atoms with E-state index >= 15 is 0 Å². The maximum Gasteiger partial charge on any atom is 0.308 e. The summed E-state index contributed by atoms with van der Waals surface area (Å²) in [6.45, 7) is 4.28. The Hall–Kier alpha value is -2.34. The maximum absolute atomic E-state index is 12.4. The SMILES string of the molecule is CCn1cc(CC(=O)NCC(C(=O)O)C2CCOCC2)c2ccccc21. The lowest BCUT2D eigenvalue weighted by Gasteiger charge is -2.27. The molecule has 3 rings (SSSR count). The van der Waals surface area contributed by atoms with Crippen molar-refractivity contribution in [2.75, 3.05) is 19.8 Å². The Labute approximate surface area is 153 Å². The summed E-state index contributed by atoms with van der Waals surface area (Å²) in [7, 11) is 0. The van der Waals surface area contributed by atoms with Crippen molar-refractivity contribution in [1.82, 2.24) is 9.88 Å². The first kappa shape index (κ1) is 18.5. The monoisotopic (exact) mass is 358 g/mol. The second-order valence-corrected chi connectivity index (χ2v) is 6.83. The van der Waals surface area contributed by atoms with E-state index in [0.717, 1.165) is 35.9 Å². The molecule has 0 bridgehead atoms. The zero-order chi connectivity index (χ0) is 18.5. The molecule has 0 spiro atoms. The van der Waals surface area contributed by atoms with Gasteiger partial charge in [0.15, 0.2) is 0 Å². The van der Waals surface area contributed by atoms with Crippen LogP contribution >= 0.6 is 0 Å². The van der Waals surface area contributed by atoms with Crippen LogP contribution in [0.4, 0.5) is 0 Å². The molecule has 1 fully saturated rings. The van der Waals surface area contributed by atoms with Gasteiger partial charge in [-0.2, -0.15) is 0 Å². The molecule has 6 heteroatoms. The van der Waals surface area contributed by atoms with Crippen LogP contribution in [-0.4, -0.2) is 41.3 Å². The number of nitrogens with zero attached hydrogens (tertiary/aromatic N) is 1. The second kappa shape index (κ2) is 8.36. The molecule has 2 heterocycles. The minimum absolute atomic E-state index is 0.0588. The number of aliphatic carboxylic acids is 1. The highest BCUT2D eigenvalue weighted by atomic mass is 16.5. The third kappa shape index (κ3) is 4.07. The molecule has 26 heavy (non-hydrogen) atoms. The van der Waals surface area contributed by atoms with Crippen molar-refractivity contribution in [3.05, 3.63) is 36.0 Å². The molecular weight excluding hydrogens is 332 g/mol. The number of hydrogen-bond acceptors (Lipinski definition) is 3. The Balaban J connectivity index is 1.64. The molecule has 1 aliphatic heterocycles. The predicted molar refractivity (Wildman–Crippen MR) is 99.0 cm³/mol. The van der Waals surface area contributed by atoms with E-state index in [0.29, 0.717) is 13.2 Å². The summed E-state index contributed by atoms with van der Waals surface area (Å²) in [5.41, 5.74) is 2.08. The van der Waals surface area contributed by atoms with Gasteiger partial charge in [-0.1, -0.05) is 18.2 Å². The molecule has 1 aromatic heterocycles. The lowest BCUT2D eigenvalue weighted by atomic mass is 9.86. The van der Waals surface area contributed by atoms with Gasteiger partial charge < -0.3 is 19.7 Å². The maximum atomic E-state index is 12.4. The number of carboxylic acids is 1. The molecule has 0 aliphatic carbocycles. The Bertz CT molecular complexity index is 777. The highest BCUT2D eigenvalue weighted by Gasteiger charge is 2.30. The van der Waals surface area contributed by atoms with Crippen molar-refractivity contribution in [3.8, 4) is 0 Å². The van der Waals surface area contributed by atoms with Gasteiger partial charge in [-0.15, -0.1) is 0 Å². The Morgan fingerprint density at radius 1 is 1.31 bits per heavy atom. The summed E-state index contributed by atoms with van der Waals surface area (Å²) in [6.07, 6.45) is 3.73. The lowest BCUT2D eigenvalue weighted by Crippen LogP contribution is -2.39. The molecule has 1 amide bonds. The standard InChI is InChI=1S/C20H26N2O4/c1-2-22-13-15(16-5-3-4-6-18(16)22)11-19(23)21-12-17(20(24)25)14-7-9-26-10-8-14/h3-6,13-14,17H,2,7-12H2,1H3,(H,21,23)(H,24,25). The molecule has 140 valence electrons. The number of carboxylic acid groups (broad SMARTS) is 1. The molecule has 1 aliphatic rings. The number of aromatic nitrogens is 1. The number of amides is 1. The number of aryl methyl sites for hydroxylation is 1. The van der Waals surface area contributed by atoms with E-state index in [1.807, 2.05) is 30.5 Å². The van der Waals surface area contributed by atoms with E-state index in [1.165, 1.54) is 0 Å². The van der Waals surface area contributed by atoms with Gasteiger partial charge in [-0.05, 0) is 37.3 Å². The molecule has 2 aromatic rings. The number of carbonyl (C=O) groups excluding carboxylic acids is 1. The average molecular weight is 358 g/mol. The highest BCUT2D eigenvalue weighted by Crippen LogP contribution is 2.24. The van der Waals surface area contributed by atoms with Crippen molar-refractivity contribution in [2.45, 2.75) is 32.7 Å². The first-order valence-corrected chi connectivity index (χ1v) is 9.24. The molecule has 1 saturated heterocycles. The number of benzene rings is 1. The van der Waals surface area contributed by atoms with Crippen LogP contribution in [0.3, 0.4) is 0 Å². The van der Waals surface area contributed by atoms with Crippen molar-refractivity contribution < 1.29 is 19.4 Å². The molecule has 0 radical (unpaired) electrons. The fourth-order valence-electron chi connectivity index (χ4n) is 3.76. The summed E-state index contributed by atoms with van der Waals surface area (Å²) in [5.74, 6) is -1.48. The van der Waals surface area contributed by atoms with Gasteiger partial charge in [0.05, 0.1) is 12.3 Å². The third-order valence-corrected chi connectivity index (χ3v) is 5.23. The molecule has 2 N–H and O–H groups in total. The summed E-state index contributed by atoms with van der Waals surface area (Å²) >= 11 is 0. The molecule has 6 nitrogen and oxygen atoms in total. The zero-order valence-electron chi connectivity index (χ0n) is 15.1.